The first-order valence-electron chi connectivity index (χ1n) is 9.32. The zero-order valence-corrected chi connectivity index (χ0v) is 16.9. The van der Waals surface area contributed by atoms with Gasteiger partial charge in [-0.3, -0.25) is 19.3 Å². The molecule has 2 aromatic heterocycles. The summed E-state index contributed by atoms with van der Waals surface area (Å²) in [5, 5.41) is 6.94. The van der Waals surface area contributed by atoms with Gasteiger partial charge in [-0.1, -0.05) is 0 Å². The Morgan fingerprint density at radius 1 is 1.24 bits per heavy atom. The quantitative estimate of drug-likeness (QED) is 0.644. The summed E-state index contributed by atoms with van der Waals surface area (Å²) in [6, 6.07) is 2.98. The first-order valence-corrected chi connectivity index (χ1v) is 10.8. The van der Waals surface area contributed by atoms with E-state index in [-0.39, 0.29) is 35.7 Å². The number of hydrogen-bond donors (Lipinski definition) is 2. The number of nitrogens with zero attached hydrogens (tertiary/aromatic N) is 4. The SMILES string of the molecule is Cn1cc(C(=O)NC2CCN(C(=O)CCNS(=O)(=O)c3cccnc3)CC2)cn1. The Hall–Kier alpha value is -2.79. The molecule has 1 saturated heterocycles. The molecule has 29 heavy (non-hydrogen) atoms. The van der Waals surface area contributed by atoms with Gasteiger partial charge in [0.25, 0.3) is 5.91 Å². The molecule has 3 rings (SSSR count). The van der Waals surface area contributed by atoms with Gasteiger partial charge in [-0.25, -0.2) is 13.1 Å². The molecule has 0 bridgehead atoms. The number of amides is 2. The van der Waals surface area contributed by atoms with Crippen molar-refractivity contribution in [2.45, 2.75) is 30.2 Å². The van der Waals surface area contributed by atoms with E-state index in [1.165, 1.54) is 30.7 Å². The topological polar surface area (TPSA) is 126 Å². The zero-order chi connectivity index (χ0) is 20.9. The molecule has 2 aromatic rings. The maximum absolute atomic E-state index is 12.4. The fourth-order valence-corrected chi connectivity index (χ4v) is 4.12. The second kappa shape index (κ2) is 9.14. The highest BCUT2D eigenvalue weighted by Crippen LogP contribution is 2.13. The largest absolute Gasteiger partial charge is 0.349 e. The summed E-state index contributed by atoms with van der Waals surface area (Å²) < 4.78 is 28.3. The fraction of sp³-hybridized carbons (Fsp3) is 0.444. The van der Waals surface area contributed by atoms with Crippen molar-refractivity contribution in [3.63, 3.8) is 0 Å². The molecule has 1 fully saturated rings. The van der Waals surface area contributed by atoms with E-state index in [0.29, 0.717) is 31.5 Å². The standard InChI is InChI=1S/C18H24N6O4S/c1-23-13-14(11-20-23)18(26)22-15-5-9-24(10-6-15)17(25)4-8-21-29(27,28)16-3-2-7-19-12-16/h2-3,7,11-13,15,21H,4-6,8-10H2,1H3,(H,22,26). The monoisotopic (exact) mass is 420 g/mol. The summed E-state index contributed by atoms with van der Waals surface area (Å²) in [5.74, 6) is -0.288. The Morgan fingerprint density at radius 3 is 2.62 bits per heavy atom. The maximum Gasteiger partial charge on any atom is 0.254 e. The molecular weight excluding hydrogens is 396 g/mol. The Bertz CT molecular complexity index is 952. The second-order valence-electron chi connectivity index (χ2n) is 6.87. The minimum absolute atomic E-state index is 0.00385. The molecule has 2 N–H and O–H groups in total. The lowest BCUT2D eigenvalue weighted by molar-refractivity contribution is -0.132. The van der Waals surface area contributed by atoms with E-state index in [0.717, 1.165) is 0 Å². The first kappa shape index (κ1) is 20.9. The van der Waals surface area contributed by atoms with Crippen LogP contribution >= 0.6 is 0 Å². The summed E-state index contributed by atoms with van der Waals surface area (Å²) in [6.07, 6.45) is 7.30. The first-order chi connectivity index (χ1) is 13.8. The third-order valence-electron chi connectivity index (χ3n) is 4.73. The maximum atomic E-state index is 12.4. The number of aryl methyl sites for hydroxylation is 1. The van der Waals surface area contributed by atoms with Crippen LogP contribution < -0.4 is 10.0 Å². The van der Waals surface area contributed by atoms with E-state index in [2.05, 4.69) is 20.1 Å². The van der Waals surface area contributed by atoms with Gasteiger partial charge in [-0.15, -0.1) is 0 Å². The lowest BCUT2D eigenvalue weighted by Gasteiger charge is -2.32. The normalized spacial score (nSPS) is 15.3. The molecule has 0 aliphatic carbocycles. The van der Waals surface area contributed by atoms with Gasteiger partial charge in [0, 0.05) is 57.7 Å². The molecule has 0 atom stereocenters. The molecule has 0 aromatic carbocycles. The molecule has 2 amide bonds. The fourth-order valence-electron chi connectivity index (χ4n) is 3.12. The van der Waals surface area contributed by atoms with Gasteiger partial charge < -0.3 is 10.2 Å². The van der Waals surface area contributed by atoms with E-state index in [1.807, 2.05) is 0 Å². The third-order valence-corrected chi connectivity index (χ3v) is 6.17. The van der Waals surface area contributed by atoms with Crippen molar-refractivity contribution in [2.75, 3.05) is 19.6 Å². The summed E-state index contributed by atoms with van der Waals surface area (Å²) in [6.45, 7) is 1.06. The van der Waals surface area contributed by atoms with Crippen LogP contribution in [0, 0.1) is 0 Å². The summed E-state index contributed by atoms with van der Waals surface area (Å²) >= 11 is 0. The smallest absolute Gasteiger partial charge is 0.254 e. The molecule has 0 unspecified atom stereocenters. The zero-order valence-electron chi connectivity index (χ0n) is 16.1. The van der Waals surface area contributed by atoms with Gasteiger partial charge in [0.05, 0.1) is 11.8 Å². The number of rotatable bonds is 7. The van der Waals surface area contributed by atoms with Crippen molar-refractivity contribution >= 4 is 21.8 Å². The summed E-state index contributed by atoms with van der Waals surface area (Å²) in [5.41, 5.74) is 0.506. The van der Waals surface area contributed by atoms with Crippen molar-refractivity contribution in [3.8, 4) is 0 Å². The molecular formula is C18H24N6O4S. The predicted molar refractivity (Wildman–Crippen MR) is 104 cm³/mol. The van der Waals surface area contributed by atoms with Crippen LogP contribution in [-0.4, -0.2) is 65.6 Å². The number of sulfonamides is 1. The summed E-state index contributed by atoms with van der Waals surface area (Å²) in [4.78, 5) is 30.1. The van der Waals surface area contributed by atoms with Gasteiger partial charge in [0.15, 0.2) is 0 Å². The van der Waals surface area contributed by atoms with Gasteiger partial charge in [-0.05, 0) is 25.0 Å². The van der Waals surface area contributed by atoms with E-state index in [1.54, 1.807) is 22.8 Å². The van der Waals surface area contributed by atoms with Crippen LogP contribution in [0.3, 0.4) is 0 Å². The van der Waals surface area contributed by atoms with Gasteiger partial charge in [0.1, 0.15) is 4.90 Å². The van der Waals surface area contributed by atoms with Crippen molar-refractivity contribution in [2.24, 2.45) is 7.05 Å². The molecule has 1 aliphatic heterocycles. The number of carbonyl (C=O) groups excluding carboxylic acids is 2. The van der Waals surface area contributed by atoms with E-state index in [4.69, 9.17) is 0 Å². The number of carbonyl (C=O) groups is 2. The van der Waals surface area contributed by atoms with Gasteiger partial charge in [-0.2, -0.15) is 5.10 Å². The van der Waals surface area contributed by atoms with Crippen molar-refractivity contribution in [1.82, 2.24) is 29.7 Å². The number of nitrogens with one attached hydrogen (secondary N) is 2. The number of aromatic nitrogens is 3. The second-order valence-corrected chi connectivity index (χ2v) is 8.63. The van der Waals surface area contributed by atoms with Crippen LogP contribution in [0.5, 0.6) is 0 Å². The molecule has 3 heterocycles. The Balaban J connectivity index is 1.40. The van der Waals surface area contributed by atoms with Crippen LogP contribution in [0.25, 0.3) is 0 Å². The molecule has 1 aliphatic rings. The van der Waals surface area contributed by atoms with Gasteiger partial charge in [0.2, 0.25) is 15.9 Å². The Kier molecular flexibility index (Phi) is 6.60. The molecule has 0 radical (unpaired) electrons. The summed E-state index contributed by atoms with van der Waals surface area (Å²) in [7, 11) is -1.92. The van der Waals surface area contributed by atoms with E-state index < -0.39 is 10.0 Å². The van der Waals surface area contributed by atoms with Crippen LogP contribution in [-0.2, 0) is 21.9 Å². The van der Waals surface area contributed by atoms with Crippen LogP contribution in [0.15, 0.2) is 41.8 Å². The number of pyridine rings is 1. The number of piperidine rings is 1. The predicted octanol–water partition coefficient (Wildman–Crippen LogP) is -0.0955. The van der Waals surface area contributed by atoms with Crippen molar-refractivity contribution < 1.29 is 18.0 Å². The lowest BCUT2D eigenvalue weighted by atomic mass is 10.0. The number of likely N-dealkylation sites (tertiary alicyclic amines) is 1. The van der Waals surface area contributed by atoms with Crippen LogP contribution in [0.1, 0.15) is 29.6 Å². The molecule has 0 spiro atoms. The minimum Gasteiger partial charge on any atom is -0.349 e. The Morgan fingerprint density at radius 2 is 2.00 bits per heavy atom. The molecule has 11 heteroatoms. The van der Waals surface area contributed by atoms with Crippen molar-refractivity contribution in [1.29, 1.82) is 0 Å². The van der Waals surface area contributed by atoms with E-state index in [9.17, 15) is 18.0 Å². The van der Waals surface area contributed by atoms with Crippen molar-refractivity contribution in [3.05, 3.63) is 42.5 Å². The highest BCUT2D eigenvalue weighted by Gasteiger charge is 2.24. The molecule has 156 valence electrons. The third kappa shape index (κ3) is 5.61. The highest BCUT2D eigenvalue weighted by atomic mass is 32.2. The average Bonchev–Trinajstić information content (AvgIpc) is 3.15. The van der Waals surface area contributed by atoms with Crippen LogP contribution in [0.2, 0.25) is 0 Å². The van der Waals surface area contributed by atoms with Crippen LogP contribution in [0.4, 0.5) is 0 Å². The highest BCUT2D eigenvalue weighted by molar-refractivity contribution is 7.89. The average molecular weight is 420 g/mol. The molecule has 0 saturated carbocycles. The number of hydrogen-bond acceptors (Lipinski definition) is 6. The lowest BCUT2D eigenvalue weighted by Crippen LogP contribution is -2.47. The molecule has 10 nitrogen and oxygen atoms in total. The van der Waals surface area contributed by atoms with Gasteiger partial charge >= 0.3 is 0 Å². The Labute approximate surface area is 169 Å². The minimum atomic E-state index is -3.67. The van der Waals surface area contributed by atoms with E-state index >= 15 is 0 Å².